The molecule has 0 bridgehead atoms. The van der Waals surface area contributed by atoms with Crippen LogP contribution in [0.5, 0.6) is 0 Å². The van der Waals surface area contributed by atoms with Crippen molar-refractivity contribution in [2.75, 3.05) is 17.2 Å². The quantitative estimate of drug-likeness (QED) is 0.877. The van der Waals surface area contributed by atoms with Crippen molar-refractivity contribution in [1.82, 2.24) is 0 Å². The summed E-state index contributed by atoms with van der Waals surface area (Å²) < 4.78 is 12.7. The minimum atomic E-state index is -0.281. The summed E-state index contributed by atoms with van der Waals surface area (Å²) in [5.41, 5.74) is 1.49. The summed E-state index contributed by atoms with van der Waals surface area (Å²) in [5, 5.41) is 6.44. The lowest BCUT2D eigenvalue weighted by atomic mass is 10.3. The Morgan fingerprint density at radius 3 is 2.25 bits per heavy atom. The minimum Gasteiger partial charge on any atom is -0.385 e. The lowest BCUT2D eigenvalue weighted by molar-refractivity contribution is -0.115. The Kier molecular flexibility index (Phi) is 4.96. The summed E-state index contributed by atoms with van der Waals surface area (Å²) in [6, 6.07) is 12.9. The number of halogens is 2. The Balaban J connectivity index is 1.75. The molecule has 0 radical (unpaired) electrons. The van der Waals surface area contributed by atoms with Crippen LogP contribution in [0.25, 0.3) is 0 Å². The monoisotopic (exact) mass is 292 g/mol. The summed E-state index contributed by atoms with van der Waals surface area (Å²) in [6.45, 7) is 0.477. The molecule has 0 saturated heterocycles. The van der Waals surface area contributed by atoms with E-state index in [4.69, 9.17) is 11.6 Å². The van der Waals surface area contributed by atoms with Gasteiger partial charge < -0.3 is 10.6 Å². The maximum atomic E-state index is 12.7. The van der Waals surface area contributed by atoms with Crippen LogP contribution < -0.4 is 10.6 Å². The molecule has 0 heterocycles. The van der Waals surface area contributed by atoms with Crippen LogP contribution in [0.3, 0.4) is 0 Å². The van der Waals surface area contributed by atoms with E-state index in [1.807, 2.05) is 0 Å². The molecule has 104 valence electrons. The van der Waals surface area contributed by atoms with Crippen LogP contribution in [0.4, 0.5) is 15.8 Å². The Morgan fingerprint density at radius 1 is 1.00 bits per heavy atom. The first-order valence-corrected chi connectivity index (χ1v) is 6.56. The van der Waals surface area contributed by atoms with Gasteiger partial charge in [0.2, 0.25) is 5.91 Å². The molecular weight excluding hydrogens is 279 g/mol. The van der Waals surface area contributed by atoms with Gasteiger partial charge in [-0.1, -0.05) is 11.6 Å². The molecule has 0 spiro atoms. The average Bonchev–Trinajstić information content (AvgIpc) is 2.44. The second-order valence-electron chi connectivity index (χ2n) is 4.24. The number of carbonyl (C=O) groups is 1. The molecule has 2 N–H and O–H groups in total. The van der Waals surface area contributed by atoms with Crippen LogP contribution in [0.1, 0.15) is 6.42 Å². The highest BCUT2D eigenvalue weighted by Crippen LogP contribution is 2.13. The zero-order chi connectivity index (χ0) is 14.4. The number of anilines is 2. The number of hydrogen-bond acceptors (Lipinski definition) is 2. The molecule has 1 amide bonds. The average molecular weight is 293 g/mol. The van der Waals surface area contributed by atoms with Crippen molar-refractivity contribution in [3.8, 4) is 0 Å². The smallest absolute Gasteiger partial charge is 0.226 e. The molecule has 2 rings (SSSR count). The summed E-state index contributed by atoms with van der Waals surface area (Å²) >= 11 is 5.76. The zero-order valence-electron chi connectivity index (χ0n) is 10.7. The molecule has 0 aliphatic rings. The highest BCUT2D eigenvalue weighted by molar-refractivity contribution is 6.30. The zero-order valence-corrected chi connectivity index (χ0v) is 11.5. The fraction of sp³-hybridized carbons (Fsp3) is 0.133. The van der Waals surface area contributed by atoms with Crippen LogP contribution in [0.2, 0.25) is 5.02 Å². The number of amides is 1. The van der Waals surface area contributed by atoms with Gasteiger partial charge in [0.05, 0.1) is 0 Å². The predicted octanol–water partition coefficient (Wildman–Crippen LogP) is 3.92. The fourth-order valence-electron chi connectivity index (χ4n) is 1.64. The lowest BCUT2D eigenvalue weighted by Gasteiger charge is -2.07. The van der Waals surface area contributed by atoms with E-state index in [9.17, 15) is 9.18 Å². The van der Waals surface area contributed by atoms with Crippen LogP contribution in [0.15, 0.2) is 48.5 Å². The number of rotatable bonds is 5. The second-order valence-corrected chi connectivity index (χ2v) is 4.68. The second kappa shape index (κ2) is 6.91. The summed E-state index contributed by atoms with van der Waals surface area (Å²) in [4.78, 5) is 11.7. The van der Waals surface area contributed by atoms with Gasteiger partial charge in [-0.05, 0) is 48.5 Å². The Labute approximate surface area is 121 Å². The summed E-state index contributed by atoms with van der Waals surface area (Å²) in [6.07, 6.45) is 0.319. The first kappa shape index (κ1) is 14.3. The number of carbonyl (C=O) groups excluding carboxylic acids is 1. The van der Waals surface area contributed by atoms with Crippen molar-refractivity contribution in [2.45, 2.75) is 6.42 Å². The van der Waals surface area contributed by atoms with Gasteiger partial charge in [0.25, 0.3) is 0 Å². The van der Waals surface area contributed by atoms with Crippen molar-refractivity contribution in [3.63, 3.8) is 0 Å². The van der Waals surface area contributed by atoms with Gasteiger partial charge in [-0.15, -0.1) is 0 Å². The van der Waals surface area contributed by atoms with Gasteiger partial charge in [0.15, 0.2) is 0 Å². The van der Waals surface area contributed by atoms with E-state index in [1.165, 1.54) is 12.1 Å². The number of benzene rings is 2. The molecule has 0 aliphatic heterocycles. The van der Waals surface area contributed by atoms with E-state index in [0.29, 0.717) is 23.7 Å². The van der Waals surface area contributed by atoms with E-state index >= 15 is 0 Å². The van der Waals surface area contributed by atoms with E-state index in [-0.39, 0.29) is 11.7 Å². The Morgan fingerprint density at radius 2 is 1.60 bits per heavy atom. The van der Waals surface area contributed by atoms with Crippen molar-refractivity contribution in [2.24, 2.45) is 0 Å². The fourth-order valence-corrected chi connectivity index (χ4v) is 1.77. The molecule has 0 aliphatic carbocycles. The third-order valence-electron chi connectivity index (χ3n) is 2.65. The summed E-state index contributed by atoms with van der Waals surface area (Å²) in [5.74, 6) is -0.377. The minimum absolute atomic E-state index is 0.0954. The van der Waals surface area contributed by atoms with E-state index in [2.05, 4.69) is 10.6 Å². The van der Waals surface area contributed by atoms with Gasteiger partial charge in [0, 0.05) is 29.4 Å². The molecule has 2 aromatic carbocycles. The van der Waals surface area contributed by atoms with Gasteiger partial charge in [0.1, 0.15) is 5.82 Å². The molecular formula is C15H14ClFN2O. The van der Waals surface area contributed by atoms with Crippen LogP contribution in [-0.4, -0.2) is 12.5 Å². The number of hydrogen-bond donors (Lipinski definition) is 2. The maximum absolute atomic E-state index is 12.7. The van der Waals surface area contributed by atoms with E-state index in [0.717, 1.165) is 5.69 Å². The van der Waals surface area contributed by atoms with Gasteiger partial charge in [-0.25, -0.2) is 4.39 Å². The largest absolute Gasteiger partial charge is 0.385 e. The molecule has 0 aromatic heterocycles. The molecule has 0 fully saturated rings. The predicted molar refractivity (Wildman–Crippen MR) is 79.6 cm³/mol. The first-order valence-electron chi connectivity index (χ1n) is 6.18. The molecule has 0 saturated carbocycles. The topological polar surface area (TPSA) is 41.1 Å². The van der Waals surface area contributed by atoms with Crippen LogP contribution in [-0.2, 0) is 4.79 Å². The first-order chi connectivity index (χ1) is 9.63. The molecule has 2 aromatic rings. The van der Waals surface area contributed by atoms with Crippen molar-refractivity contribution in [1.29, 1.82) is 0 Å². The SMILES string of the molecule is O=C(CCNc1ccc(F)cc1)Nc1ccc(Cl)cc1. The molecule has 5 heteroatoms. The Hall–Kier alpha value is -2.07. The molecule has 0 atom stereocenters. The molecule has 20 heavy (non-hydrogen) atoms. The van der Waals surface area contributed by atoms with Crippen LogP contribution in [0, 0.1) is 5.82 Å². The van der Waals surface area contributed by atoms with E-state index < -0.39 is 0 Å². The molecule has 0 unspecified atom stereocenters. The van der Waals surface area contributed by atoms with Gasteiger partial charge in [-0.2, -0.15) is 0 Å². The third-order valence-corrected chi connectivity index (χ3v) is 2.91. The standard InChI is InChI=1S/C15H14ClFN2O/c16-11-1-5-14(6-2-11)19-15(20)9-10-18-13-7-3-12(17)4-8-13/h1-8,18H,9-10H2,(H,19,20). The van der Waals surface area contributed by atoms with Crippen molar-refractivity contribution in [3.05, 3.63) is 59.4 Å². The normalized spacial score (nSPS) is 10.1. The third kappa shape index (κ3) is 4.55. The van der Waals surface area contributed by atoms with Gasteiger partial charge >= 0.3 is 0 Å². The summed E-state index contributed by atoms with van der Waals surface area (Å²) in [7, 11) is 0. The van der Waals surface area contributed by atoms with Crippen molar-refractivity contribution >= 4 is 28.9 Å². The maximum Gasteiger partial charge on any atom is 0.226 e. The van der Waals surface area contributed by atoms with Gasteiger partial charge in [-0.3, -0.25) is 4.79 Å². The highest BCUT2D eigenvalue weighted by Gasteiger charge is 2.02. The van der Waals surface area contributed by atoms with Crippen molar-refractivity contribution < 1.29 is 9.18 Å². The Bertz CT molecular complexity index is 569. The molecule has 3 nitrogen and oxygen atoms in total. The number of nitrogens with one attached hydrogen (secondary N) is 2. The van der Waals surface area contributed by atoms with E-state index in [1.54, 1.807) is 36.4 Å². The highest BCUT2D eigenvalue weighted by atomic mass is 35.5. The van der Waals surface area contributed by atoms with Crippen LogP contribution >= 0.6 is 11.6 Å². The lowest BCUT2D eigenvalue weighted by Crippen LogP contribution is -2.16.